The molecule has 1 aliphatic heterocycles. The molecule has 9 heteroatoms. The summed E-state index contributed by atoms with van der Waals surface area (Å²) in [5.74, 6) is 5.16. The summed E-state index contributed by atoms with van der Waals surface area (Å²) in [7, 11) is 5.46. The van der Waals surface area contributed by atoms with Crippen molar-refractivity contribution in [3.63, 3.8) is 0 Å². The highest BCUT2D eigenvalue weighted by Gasteiger charge is 2.23. The second-order valence-corrected chi connectivity index (χ2v) is 8.78. The van der Waals surface area contributed by atoms with Crippen LogP contribution in [0.4, 0.5) is 0 Å². The number of rotatable bonds is 7. The van der Waals surface area contributed by atoms with Crippen molar-refractivity contribution < 1.29 is 31.2 Å². The van der Waals surface area contributed by atoms with E-state index >= 15 is 0 Å². The van der Waals surface area contributed by atoms with Gasteiger partial charge in [-0.05, 0) is 13.3 Å². The summed E-state index contributed by atoms with van der Waals surface area (Å²) in [4.78, 5) is 8.18. The van der Waals surface area contributed by atoms with E-state index < -0.39 is 0 Å². The van der Waals surface area contributed by atoms with Gasteiger partial charge in [-0.15, -0.1) is 0 Å². The monoisotopic (exact) mass is 439 g/mol. The summed E-state index contributed by atoms with van der Waals surface area (Å²) in [6.07, 6.45) is 3.18. The zero-order valence-corrected chi connectivity index (χ0v) is 18.3. The Balaban J connectivity index is 0.00000225. The van der Waals surface area contributed by atoms with Crippen LogP contribution in [-0.2, 0) is 5.75 Å². The first-order valence-electron chi connectivity index (χ1n) is 8.83. The smallest absolute Gasteiger partial charge is 0.402 e. The summed E-state index contributed by atoms with van der Waals surface area (Å²) in [6.45, 7) is 4.55. The molecule has 3 heterocycles. The second-order valence-electron chi connectivity index (χ2n) is 6.19. The first-order valence-corrected chi connectivity index (χ1v) is 11.3. The number of H-pyrrole nitrogens is 1. The molecule has 4 rings (SSSR count). The third kappa shape index (κ3) is 3.99. The van der Waals surface area contributed by atoms with Gasteiger partial charge in [0.05, 0.1) is 19.1 Å². The maximum Gasteiger partial charge on any atom is 0.402 e. The van der Waals surface area contributed by atoms with Crippen molar-refractivity contribution in [1.82, 2.24) is 9.97 Å². The number of aromatic nitrogens is 3. The molecule has 0 spiro atoms. The van der Waals surface area contributed by atoms with Crippen LogP contribution < -0.4 is 31.2 Å². The molecule has 1 aliphatic rings. The van der Waals surface area contributed by atoms with Crippen LogP contribution in [0.15, 0.2) is 24.4 Å². The molecule has 0 saturated carbocycles. The topological polar surface area (TPSA) is 60.2 Å². The average Bonchev–Trinajstić information content (AvgIpc) is 3.29. The van der Waals surface area contributed by atoms with E-state index in [1.54, 1.807) is 7.11 Å². The zero-order chi connectivity index (χ0) is 18.8. The number of methoxy groups -OCH3 is 1. The molecule has 28 heavy (non-hydrogen) atoms. The number of halogens is 1. The maximum atomic E-state index is 5.52. The molecular weight excluding hydrogens is 418 g/mol. The van der Waals surface area contributed by atoms with E-state index in [0.29, 0.717) is 0 Å². The van der Waals surface area contributed by atoms with Gasteiger partial charge in [-0.2, -0.15) is 0 Å². The van der Waals surface area contributed by atoms with Gasteiger partial charge < -0.3 is 26.6 Å². The molecule has 0 saturated heterocycles. The number of aromatic amines is 1. The molecule has 3 aromatic rings. The highest BCUT2D eigenvalue weighted by molar-refractivity contribution is 8.76. The third-order valence-corrected chi connectivity index (χ3v) is 6.93. The van der Waals surface area contributed by atoms with Gasteiger partial charge in [-0.25, -0.2) is 9.55 Å². The van der Waals surface area contributed by atoms with Crippen molar-refractivity contribution in [3.05, 3.63) is 35.7 Å². The van der Waals surface area contributed by atoms with Crippen molar-refractivity contribution >= 4 is 32.6 Å². The zero-order valence-electron chi connectivity index (χ0n) is 16.0. The Kier molecular flexibility index (Phi) is 6.85. The third-order valence-electron chi connectivity index (χ3n) is 4.45. The molecule has 0 bridgehead atoms. The summed E-state index contributed by atoms with van der Waals surface area (Å²) >= 11 is 0. The quantitative estimate of drug-likeness (QED) is 0.339. The Hall–Kier alpha value is -1.77. The standard InChI is InChI=1S/C19H22N3O3S2.ClH/c1-4-7-26-27-10-15-12(2)16(23-3)5-6-22(15)19-20-13-8-17-18(25-11-24-17)9-14(13)21-19;/h5-6,8-9H,4,7,10-11H2,1-3H3,(H,20,21);1H/q+1;/p-1. The van der Waals surface area contributed by atoms with Crippen molar-refractivity contribution in [1.29, 1.82) is 0 Å². The number of nitrogens with one attached hydrogen (secondary N) is 1. The van der Waals surface area contributed by atoms with E-state index in [1.807, 2.05) is 46.0 Å². The molecule has 0 radical (unpaired) electrons. The Labute approximate surface area is 178 Å². The van der Waals surface area contributed by atoms with Crippen LogP contribution in [-0.4, -0.2) is 29.6 Å². The van der Waals surface area contributed by atoms with E-state index in [9.17, 15) is 0 Å². The normalized spacial score (nSPS) is 12.2. The average molecular weight is 440 g/mol. The molecule has 6 nitrogen and oxygen atoms in total. The molecule has 0 fully saturated rings. The number of nitrogens with zero attached hydrogens (tertiary/aromatic N) is 2. The summed E-state index contributed by atoms with van der Waals surface area (Å²) in [5.41, 5.74) is 4.07. The second kappa shape index (κ2) is 9.15. The number of imidazole rings is 1. The van der Waals surface area contributed by atoms with Crippen LogP contribution >= 0.6 is 21.6 Å². The number of hydrogen-bond acceptors (Lipinski definition) is 6. The largest absolute Gasteiger partial charge is 1.00 e. The molecule has 150 valence electrons. The fourth-order valence-corrected chi connectivity index (χ4v) is 5.29. The van der Waals surface area contributed by atoms with Crippen molar-refractivity contribution in [2.45, 2.75) is 26.0 Å². The lowest BCUT2D eigenvalue weighted by Gasteiger charge is -2.12. The van der Waals surface area contributed by atoms with E-state index in [4.69, 9.17) is 19.2 Å². The lowest BCUT2D eigenvalue weighted by atomic mass is 10.2. The number of pyridine rings is 1. The van der Waals surface area contributed by atoms with Gasteiger partial charge in [0.25, 0.3) is 0 Å². The van der Waals surface area contributed by atoms with Gasteiger partial charge in [0.1, 0.15) is 17.0 Å². The van der Waals surface area contributed by atoms with Gasteiger partial charge in [0.2, 0.25) is 6.79 Å². The molecule has 0 aliphatic carbocycles. The Morgan fingerprint density at radius 1 is 1.25 bits per heavy atom. The molecular formula is C19H22ClN3O3S2. The van der Waals surface area contributed by atoms with Crippen LogP contribution in [0.5, 0.6) is 17.2 Å². The Morgan fingerprint density at radius 3 is 2.79 bits per heavy atom. The van der Waals surface area contributed by atoms with E-state index in [-0.39, 0.29) is 19.2 Å². The van der Waals surface area contributed by atoms with Gasteiger partial charge in [0.15, 0.2) is 17.0 Å². The van der Waals surface area contributed by atoms with Crippen LogP contribution in [0.2, 0.25) is 0 Å². The number of fused-ring (bicyclic) bond motifs is 2. The van der Waals surface area contributed by atoms with Crippen LogP contribution in [0.1, 0.15) is 24.6 Å². The summed E-state index contributed by atoms with van der Waals surface area (Å²) in [6, 6.07) is 5.83. The predicted octanol–water partition coefficient (Wildman–Crippen LogP) is 1.18. The SMILES string of the molecule is CCCSSCc1c(C)c(OC)cc[n+]1-c1nc2cc3c(cc2[nH]1)OCO3.[Cl-]. The predicted molar refractivity (Wildman–Crippen MR) is 109 cm³/mol. The van der Waals surface area contributed by atoms with E-state index in [2.05, 4.69) is 23.4 Å². The van der Waals surface area contributed by atoms with Crippen LogP contribution in [0, 0.1) is 6.92 Å². The van der Waals surface area contributed by atoms with Gasteiger partial charge in [-0.1, -0.05) is 33.5 Å². The lowest BCUT2D eigenvalue weighted by molar-refractivity contribution is -0.610. The van der Waals surface area contributed by atoms with Crippen molar-refractivity contribution in [2.24, 2.45) is 0 Å². The van der Waals surface area contributed by atoms with Gasteiger partial charge >= 0.3 is 5.95 Å². The van der Waals surface area contributed by atoms with E-state index in [0.717, 1.165) is 51.3 Å². The molecule has 0 unspecified atom stereocenters. The Bertz CT molecular complexity index is 940. The number of hydrogen-bond donors (Lipinski definition) is 1. The Morgan fingerprint density at radius 2 is 2.04 bits per heavy atom. The summed E-state index contributed by atoms with van der Waals surface area (Å²) < 4.78 is 18.6. The van der Waals surface area contributed by atoms with Crippen LogP contribution in [0.25, 0.3) is 17.0 Å². The van der Waals surface area contributed by atoms with Crippen molar-refractivity contribution in [3.8, 4) is 23.2 Å². The van der Waals surface area contributed by atoms with Crippen LogP contribution in [0.3, 0.4) is 0 Å². The first kappa shape index (κ1) is 21.0. The van der Waals surface area contributed by atoms with Crippen molar-refractivity contribution in [2.75, 3.05) is 19.7 Å². The summed E-state index contributed by atoms with van der Waals surface area (Å²) in [5, 5.41) is 0. The number of benzene rings is 1. The fraction of sp³-hybridized carbons (Fsp3) is 0.368. The highest BCUT2D eigenvalue weighted by atomic mass is 35.5. The minimum atomic E-state index is 0. The first-order chi connectivity index (χ1) is 13.2. The molecule has 0 atom stereocenters. The fourth-order valence-electron chi connectivity index (χ4n) is 3.02. The lowest BCUT2D eigenvalue weighted by Crippen LogP contribution is -3.00. The van der Waals surface area contributed by atoms with Gasteiger partial charge in [0, 0.05) is 29.5 Å². The molecule has 1 aromatic carbocycles. The van der Waals surface area contributed by atoms with E-state index in [1.165, 1.54) is 12.1 Å². The molecule has 1 N–H and O–H groups in total. The van der Waals surface area contributed by atoms with Gasteiger partial charge in [-0.3, -0.25) is 0 Å². The molecule has 0 amide bonds. The minimum Gasteiger partial charge on any atom is -1.00 e. The minimum absolute atomic E-state index is 0. The molecule has 2 aromatic heterocycles. The number of ether oxygens (including phenoxy) is 3. The maximum absolute atomic E-state index is 5.52. The highest BCUT2D eigenvalue weighted by Crippen LogP contribution is 2.35.